The zero-order chi connectivity index (χ0) is 6.20. The van der Waals surface area contributed by atoms with Crippen molar-refractivity contribution in [1.29, 1.82) is 0 Å². The first-order valence-corrected chi connectivity index (χ1v) is 3.88. The topological polar surface area (TPSA) is 17.1 Å². The van der Waals surface area contributed by atoms with Crippen molar-refractivity contribution < 1.29 is 4.57 Å². The van der Waals surface area contributed by atoms with Crippen LogP contribution in [-0.2, 0) is 4.57 Å². The van der Waals surface area contributed by atoms with E-state index in [2.05, 4.69) is 13.8 Å². The normalized spacial score (nSPS) is 45.0. The molecule has 0 bridgehead atoms. The molecule has 1 nitrogen and oxygen atoms in total. The Hall–Kier alpha value is 0.100. The van der Waals surface area contributed by atoms with Gasteiger partial charge in [-0.1, -0.05) is 13.3 Å². The molecule has 0 aliphatic heterocycles. The first-order chi connectivity index (χ1) is 3.73. The van der Waals surface area contributed by atoms with Gasteiger partial charge in [-0.3, -0.25) is 4.57 Å². The smallest absolute Gasteiger partial charge is 0.162 e. The first-order valence-electron chi connectivity index (χ1n) is 3.07. The van der Waals surface area contributed by atoms with E-state index in [0.29, 0.717) is 8.46 Å². The highest BCUT2D eigenvalue weighted by molar-refractivity contribution is 7.26. The molecular weight excluding hydrogens is 119 g/mol. The highest BCUT2D eigenvalue weighted by Gasteiger charge is 2.49. The van der Waals surface area contributed by atoms with Gasteiger partial charge in [-0.05, 0) is 19.3 Å². The molecule has 0 aromatic rings. The third kappa shape index (κ3) is 0.798. The molecule has 0 aromatic heterocycles. The lowest BCUT2D eigenvalue weighted by molar-refractivity contribution is 0.586. The molecule has 0 heterocycles. The highest BCUT2D eigenvalue weighted by Crippen LogP contribution is 2.54. The summed E-state index contributed by atoms with van der Waals surface area (Å²) in [6, 6.07) is 0. The number of hydrogen-bond acceptors (Lipinski definition) is 1. The average Bonchev–Trinajstić information content (AvgIpc) is 2.44. The van der Waals surface area contributed by atoms with Crippen molar-refractivity contribution in [2.45, 2.75) is 31.8 Å². The molecule has 1 saturated carbocycles. The van der Waals surface area contributed by atoms with E-state index in [4.69, 9.17) is 0 Å². The van der Waals surface area contributed by atoms with E-state index in [-0.39, 0.29) is 5.16 Å². The van der Waals surface area contributed by atoms with Gasteiger partial charge in [0.1, 0.15) is 0 Å². The quantitative estimate of drug-likeness (QED) is 0.525. The largest absolute Gasteiger partial charge is 0.274 e. The molecule has 46 valence electrons. The molecule has 8 heavy (non-hydrogen) atoms. The lowest BCUT2D eigenvalue weighted by atomic mass is 10.3. The SMILES string of the molecule is CCC1CC1(C)P=O. The first kappa shape index (κ1) is 6.22. The van der Waals surface area contributed by atoms with E-state index >= 15 is 0 Å². The summed E-state index contributed by atoms with van der Waals surface area (Å²) in [7, 11) is 0.346. The zero-order valence-corrected chi connectivity index (χ0v) is 6.24. The lowest BCUT2D eigenvalue weighted by Gasteiger charge is -1.92. The maximum atomic E-state index is 10.4. The third-order valence-corrected chi connectivity index (χ3v) is 3.05. The maximum absolute atomic E-state index is 10.4. The molecule has 0 N–H and O–H groups in total. The second kappa shape index (κ2) is 1.80. The molecular formula is C6H11OP. The van der Waals surface area contributed by atoms with Gasteiger partial charge in [-0.2, -0.15) is 0 Å². The van der Waals surface area contributed by atoms with Gasteiger partial charge in [-0.15, -0.1) is 0 Å². The van der Waals surface area contributed by atoms with Crippen LogP contribution in [0.15, 0.2) is 0 Å². The number of rotatable bonds is 2. The summed E-state index contributed by atoms with van der Waals surface area (Å²) in [4.78, 5) is 0. The molecule has 0 radical (unpaired) electrons. The van der Waals surface area contributed by atoms with Crippen LogP contribution in [0.25, 0.3) is 0 Å². The van der Waals surface area contributed by atoms with E-state index < -0.39 is 0 Å². The molecule has 1 fully saturated rings. The number of hydrogen-bond donors (Lipinski definition) is 0. The zero-order valence-electron chi connectivity index (χ0n) is 5.35. The van der Waals surface area contributed by atoms with E-state index in [1.807, 2.05) is 0 Å². The summed E-state index contributed by atoms with van der Waals surface area (Å²) in [5.74, 6) is 0.738. The van der Waals surface area contributed by atoms with Crippen molar-refractivity contribution in [2.24, 2.45) is 5.92 Å². The van der Waals surface area contributed by atoms with Crippen LogP contribution in [0, 0.1) is 5.92 Å². The molecule has 2 atom stereocenters. The van der Waals surface area contributed by atoms with Crippen molar-refractivity contribution in [1.82, 2.24) is 0 Å². The Morgan fingerprint density at radius 2 is 2.50 bits per heavy atom. The molecule has 0 saturated heterocycles. The maximum Gasteiger partial charge on any atom is 0.162 e. The molecule has 1 rings (SSSR count). The van der Waals surface area contributed by atoms with Gasteiger partial charge in [0.15, 0.2) is 8.46 Å². The van der Waals surface area contributed by atoms with Gasteiger partial charge in [-0.25, -0.2) is 0 Å². The van der Waals surface area contributed by atoms with E-state index in [9.17, 15) is 4.57 Å². The Kier molecular flexibility index (Phi) is 1.40. The van der Waals surface area contributed by atoms with Crippen molar-refractivity contribution >= 4 is 8.46 Å². The summed E-state index contributed by atoms with van der Waals surface area (Å²) >= 11 is 0. The standard InChI is InChI=1S/C6H11OP/c1-3-5-4-6(5,2)8-7/h5H,3-4H2,1-2H3. The Morgan fingerprint density at radius 1 is 1.88 bits per heavy atom. The minimum absolute atomic E-state index is 0.175. The Labute approximate surface area is 51.7 Å². The van der Waals surface area contributed by atoms with Crippen LogP contribution in [0.2, 0.25) is 0 Å². The summed E-state index contributed by atoms with van der Waals surface area (Å²) in [6.07, 6.45) is 2.35. The van der Waals surface area contributed by atoms with E-state index in [1.165, 1.54) is 6.42 Å². The van der Waals surface area contributed by atoms with Gasteiger partial charge < -0.3 is 0 Å². The third-order valence-electron chi connectivity index (χ3n) is 2.08. The predicted octanol–water partition coefficient (Wildman–Crippen LogP) is 2.47. The molecule has 0 spiro atoms. The van der Waals surface area contributed by atoms with Crippen LogP contribution in [0.4, 0.5) is 0 Å². The van der Waals surface area contributed by atoms with E-state index in [1.54, 1.807) is 0 Å². The summed E-state index contributed by atoms with van der Waals surface area (Å²) in [5.41, 5.74) is 0. The average molecular weight is 130 g/mol. The minimum atomic E-state index is 0.175. The summed E-state index contributed by atoms with van der Waals surface area (Å²) in [6.45, 7) is 4.23. The van der Waals surface area contributed by atoms with Crippen LogP contribution in [0.5, 0.6) is 0 Å². The summed E-state index contributed by atoms with van der Waals surface area (Å²) < 4.78 is 10.4. The van der Waals surface area contributed by atoms with Crippen LogP contribution >= 0.6 is 8.46 Å². The monoisotopic (exact) mass is 130 g/mol. The molecule has 1 aliphatic carbocycles. The Bertz CT molecular complexity index is 113. The predicted molar refractivity (Wildman–Crippen MR) is 34.4 cm³/mol. The van der Waals surface area contributed by atoms with Crippen LogP contribution < -0.4 is 0 Å². The fourth-order valence-corrected chi connectivity index (χ4v) is 1.76. The molecule has 1 aliphatic rings. The van der Waals surface area contributed by atoms with Crippen LogP contribution in [0.1, 0.15) is 26.7 Å². The van der Waals surface area contributed by atoms with E-state index in [0.717, 1.165) is 12.3 Å². The second-order valence-corrected chi connectivity index (χ2v) is 3.96. The van der Waals surface area contributed by atoms with Crippen molar-refractivity contribution in [2.75, 3.05) is 0 Å². The summed E-state index contributed by atoms with van der Waals surface area (Å²) in [5, 5.41) is 0.175. The molecule has 2 heteroatoms. The fourth-order valence-electron chi connectivity index (χ4n) is 1.14. The van der Waals surface area contributed by atoms with Crippen molar-refractivity contribution in [3.8, 4) is 0 Å². The Balaban J connectivity index is 2.42. The lowest BCUT2D eigenvalue weighted by Crippen LogP contribution is -1.91. The van der Waals surface area contributed by atoms with Crippen molar-refractivity contribution in [3.63, 3.8) is 0 Å². The van der Waals surface area contributed by atoms with Gasteiger partial charge in [0, 0.05) is 0 Å². The molecule has 0 amide bonds. The van der Waals surface area contributed by atoms with Crippen LogP contribution in [0.3, 0.4) is 0 Å². The second-order valence-electron chi connectivity index (χ2n) is 2.76. The van der Waals surface area contributed by atoms with Gasteiger partial charge in [0.05, 0.1) is 5.16 Å². The van der Waals surface area contributed by atoms with Gasteiger partial charge >= 0.3 is 0 Å². The van der Waals surface area contributed by atoms with Crippen molar-refractivity contribution in [3.05, 3.63) is 0 Å². The van der Waals surface area contributed by atoms with Crippen LogP contribution in [-0.4, -0.2) is 5.16 Å². The molecule has 0 aromatic carbocycles. The van der Waals surface area contributed by atoms with Gasteiger partial charge in [0.25, 0.3) is 0 Å². The highest BCUT2D eigenvalue weighted by atomic mass is 31.1. The van der Waals surface area contributed by atoms with Gasteiger partial charge in [0.2, 0.25) is 0 Å². The Morgan fingerprint density at radius 3 is 2.62 bits per heavy atom. The fraction of sp³-hybridized carbons (Fsp3) is 1.00. The minimum Gasteiger partial charge on any atom is -0.274 e. The molecule has 2 unspecified atom stereocenters.